The highest BCUT2D eigenvalue weighted by Crippen LogP contribution is 2.28. The van der Waals surface area contributed by atoms with E-state index >= 15 is 0 Å². The van der Waals surface area contributed by atoms with E-state index in [1.54, 1.807) is 48.5 Å². The van der Waals surface area contributed by atoms with Gasteiger partial charge in [-0.15, -0.1) is 0 Å². The Morgan fingerprint density at radius 3 is 2.07 bits per heavy atom. The van der Waals surface area contributed by atoms with E-state index in [2.05, 4.69) is 10.6 Å². The van der Waals surface area contributed by atoms with E-state index in [1.165, 1.54) is 19.2 Å². The molecule has 0 aliphatic rings. The molecule has 2 aromatic rings. The van der Waals surface area contributed by atoms with Gasteiger partial charge in [0.15, 0.2) is 9.84 Å². The molecule has 27 heavy (non-hydrogen) atoms. The smallest absolute Gasteiger partial charge is 0.309 e. The van der Waals surface area contributed by atoms with Gasteiger partial charge in [0, 0.05) is 20.2 Å². The molecule has 2 rings (SSSR count). The zero-order chi connectivity index (χ0) is 19.7. The predicted molar refractivity (Wildman–Crippen MR) is 101 cm³/mol. The Morgan fingerprint density at radius 2 is 1.48 bits per heavy atom. The Hall–Kier alpha value is -2.71. The van der Waals surface area contributed by atoms with E-state index in [-0.39, 0.29) is 24.6 Å². The molecule has 0 saturated heterocycles. The molecule has 0 saturated carbocycles. The van der Waals surface area contributed by atoms with E-state index in [0.717, 1.165) is 0 Å². The SMILES string of the molecule is COCCNC(=O)C(=O)NC[C@@H](c1ccccc1)S(=O)(=O)c1ccccc1. The number of sulfone groups is 1. The third-order valence-electron chi connectivity index (χ3n) is 3.86. The molecule has 1 atom stereocenters. The summed E-state index contributed by atoms with van der Waals surface area (Å²) in [5.74, 6) is -1.73. The first-order valence-corrected chi connectivity index (χ1v) is 9.90. The summed E-state index contributed by atoms with van der Waals surface area (Å²) < 4.78 is 30.9. The van der Waals surface area contributed by atoms with Crippen LogP contribution in [0.2, 0.25) is 0 Å². The van der Waals surface area contributed by atoms with E-state index in [1.807, 2.05) is 0 Å². The van der Waals surface area contributed by atoms with Gasteiger partial charge >= 0.3 is 11.8 Å². The van der Waals surface area contributed by atoms with Gasteiger partial charge < -0.3 is 15.4 Å². The van der Waals surface area contributed by atoms with Crippen LogP contribution in [-0.2, 0) is 24.2 Å². The Morgan fingerprint density at radius 1 is 0.926 bits per heavy atom. The molecule has 0 fully saturated rings. The molecule has 8 heteroatoms. The van der Waals surface area contributed by atoms with E-state index in [4.69, 9.17) is 4.74 Å². The Kier molecular flexibility index (Phi) is 7.51. The van der Waals surface area contributed by atoms with Crippen molar-refractivity contribution in [2.45, 2.75) is 10.1 Å². The molecule has 0 unspecified atom stereocenters. The van der Waals surface area contributed by atoms with Crippen molar-refractivity contribution in [2.75, 3.05) is 26.8 Å². The van der Waals surface area contributed by atoms with Crippen LogP contribution in [0.4, 0.5) is 0 Å². The van der Waals surface area contributed by atoms with Gasteiger partial charge in [0.2, 0.25) is 0 Å². The monoisotopic (exact) mass is 390 g/mol. The fraction of sp³-hybridized carbons (Fsp3) is 0.263. The second-order valence-electron chi connectivity index (χ2n) is 5.72. The fourth-order valence-corrected chi connectivity index (χ4v) is 4.14. The average Bonchev–Trinajstić information content (AvgIpc) is 2.69. The number of ether oxygens (including phenoxy) is 1. The van der Waals surface area contributed by atoms with Gasteiger partial charge in [-0.2, -0.15) is 0 Å². The zero-order valence-corrected chi connectivity index (χ0v) is 15.7. The number of carbonyl (C=O) groups excluding carboxylic acids is 2. The lowest BCUT2D eigenvalue weighted by Gasteiger charge is -2.19. The first-order chi connectivity index (χ1) is 13.0. The number of hydrogen-bond donors (Lipinski definition) is 2. The topological polar surface area (TPSA) is 102 Å². The maximum absolute atomic E-state index is 13.1. The van der Waals surface area contributed by atoms with Gasteiger partial charge in [-0.05, 0) is 17.7 Å². The van der Waals surface area contributed by atoms with Crippen molar-refractivity contribution in [1.82, 2.24) is 10.6 Å². The van der Waals surface area contributed by atoms with E-state index in [9.17, 15) is 18.0 Å². The Bertz CT molecular complexity index is 854. The lowest BCUT2D eigenvalue weighted by Crippen LogP contribution is -2.43. The highest BCUT2D eigenvalue weighted by molar-refractivity contribution is 7.91. The molecule has 0 spiro atoms. The molecule has 7 nitrogen and oxygen atoms in total. The first kappa shape index (κ1) is 20.6. The summed E-state index contributed by atoms with van der Waals surface area (Å²) in [4.78, 5) is 23.9. The lowest BCUT2D eigenvalue weighted by molar-refractivity contribution is -0.139. The Balaban J connectivity index is 2.18. The summed E-state index contributed by atoms with van der Waals surface area (Å²) in [5, 5.41) is 3.79. The summed E-state index contributed by atoms with van der Waals surface area (Å²) in [5.41, 5.74) is 0.529. The maximum Gasteiger partial charge on any atom is 0.309 e. The molecule has 2 amide bonds. The zero-order valence-electron chi connectivity index (χ0n) is 14.9. The van der Waals surface area contributed by atoms with Crippen molar-refractivity contribution in [3.8, 4) is 0 Å². The molecule has 0 bridgehead atoms. The minimum atomic E-state index is -3.76. The highest BCUT2D eigenvalue weighted by Gasteiger charge is 2.30. The maximum atomic E-state index is 13.1. The largest absolute Gasteiger partial charge is 0.383 e. The summed E-state index contributed by atoms with van der Waals surface area (Å²) >= 11 is 0. The molecular weight excluding hydrogens is 368 g/mol. The molecular formula is C19H22N2O5S. The summed E-state index contributed by atoms with van der Waals surface area (Å²) in [7, 11) is -2.29. The number of benzene rings is 2. The van der Waals surface area contributed by atoms with E-state index in [0.29, 0.717) is 5.56 Å². The van der Waals surface area contributed by atoms with Crippen LogP contribution >= 0.6 is 0 Å². The summed E-state index contributed by atoms with van der Waals surface area (Å²) in [6.07, 6.45) is 0. The quantitative estimate of drug-likeness (QED) is 0.519. The lowest BCUT2D eigenvalue weighted by atomic mass is 10.1. The van der Waals surface area contributed by atoms with Crippen molar-refractivity contribution in [2.24, 2.45) is 0 Å². The minimum Gasteiger partial charge on any atom is -0.383 e. The van der Waals surface area contributed by atoms with Gasteiger partial charge in [0.25, 0.3) is 0 Å². The molecule has 0 aliphatic carbocycles. The van der Waals surface area contributed by atoms with Gasteiger partial charge in [0.05, 0.1) is 11.5 Å². The molecule has 0 heterocycles. The number of hydrogen-bond acceptors (Lipinski definition) is 5. The van der Waals surface area contributed by atoms with Crippen LogP contribution in [0, 0.1) is 0 Å². The molecule has 0 radical (unpaired) electrons. The molecule has 0 aromatic heterocycles. The average molecular weight is 390 g/mol. The third kappa shape index (κ3) is 5.63. The van der Waals surface area contributed by atoms with Crippen LogP contribution in [0.25, 0.3) is 0 Å². The van der Waals surface area contributed by atoms with Gasteiger partial charge in [-0.3, -0.25) is 9.59 Å². The van der Waals surface area contributed by atoms with Crippen LogP contribution in [0.5, 0.6) is 0 Å². The second kappa shape index (κ2) is 9.84. The van der Waals surface area contributed by atoms with Crippen LogP contribution < -0.4 is 10.6 Å². The number of nitrogens with one attached hydrogen (secondary N) is 2. The van der Waals surface area contributed by atoms with Crippen LogP contribution in [0.15, 0.2) is 65.6 Å². The fourth-order valence-electron chi connectivity index (χ4n) is 2.46. The van der Waals surface area contributed by atoms with Crippen molar-refractivity contribution in [3.05, 3.63) is 66.2 Å². The van der Waals surface area contributed by atoms with Crippen molar-refractivity contribution >= 4 is 21.7 Å². The van der Waals surface area contributed by atoms with Crippen LogP contribution in [-0.4, -0.2) is 47.0 Å². The minimum absolute atomic E-state index is 0.151. The summed E-state index contributed by atoms with van der Waals surface area (Å²) in [6.45, 7) is 0.235. The van der Waals surface area contributed by atoms with Crippen molar-refractivity contribution < 1.29 is 22.7 Å². The van der Waals surface area contributed by atoms with Crippen molar-refractivity contribution in [1.29, 1.82) is 0 Å². The number of rotatable bonds is 8. The van der Waals surface area contributed by atoms with Gasteiger partial charge in [-0.1, -0.05) is 48.5 Å². The number of amides is 2. The third-order valence-corrected chi connectivity index (χ3v) is 5.98. The standard InChI is InChI=1S/C19H22N2O5S/c1-26-13-12-20-18(22)19(23)21-14-17(15-8-4-2-5-9-15)27(24,25)16-10-6-3-7-11-16/h2-11,17H,12-14H2,1H3,(H,20,22)(H,21,23)/t17-/m0/s1. The second-order valence-corrected chi connectivity index (χ2v) is 7.85. The van der Waals surface area contributed by atoms with Gasteiger partial charge in [0.1, 0.15) is 5.25 Å². The molecule has 144 valence electrons. The highest BCUT2D eigenvalue weighted by atomic mass is 32.2. The van der Waals surface area contributed by atoms with Gasteiger partial charge in [-0.25, -0.2) is 8.42 Å². The van der Waals surface area contributed by atoms with Crippen LogP contribution in [0.1, 0.15) is 10.8 Å². The first-order valence-electron chi connectivity index (χ1n) is 8.35. The summed E-state index contributed by atoms with van der Waals surface area (Å²) in [6, 6.07) is 16.6. The predicted octanol–water partition coefficient (Wildman–Crippen LogP) is 1.08. The molecule has 2 aromatic carbocycles. The Labute approximate surface area is 158 Å². The molecule has 0 aliphatic heterocycles. The van der Waals surface area contributed by atoms with E-state index < -0.39 is 26.9 Å². The normalized spacial score (nSPS) is 12.2. The number of methoxy groups -OCH3 is 1. The molecule has 2 N–H and O–H groups in total. The van der Waals surface area contributed by atoms with Crippen LogP contribution in [0.3, 0.4) is 0 Å². The number of carbonyl (C=O) groups is 2. The van der Waals surface area contributed by atoms with Crippen molar-refractivity contribution in [3.63, 3.8) is 0 Å².